The maximum absolute atomic E-state index is 13.6. The minimum absolute atomic E-state index is 0.0349. The van der Waals surface area contributed by atoms with E-state index in [0.717, 1.165) is 32.4 Å². The van der Waals surface area contributed by atoms with E-state index in [1.165, 1.54) is 40.5 Å². The molecule has 14 heteroatoms. The Labute approximate surface area is 254 Å². The van der Waals surface area contributed by atoms with Gasteiger partial charge in [-0.15, -0.1) is 16.9 Å². The van der Waals surface area contributed by atoms with Gasteiger partial charge in [0.15, 0.2) is 5.78 Å². The highest BCUT2D eigenvalue weighted by molar-refractivity contribution is 8.03. The molecule has 13 nitrogen and oxygen atoms in total. The Morgan fingerprint density at radius 1 is 1.23 bits per heavy atom. The molecule has 2 unspecified atom stereocenters. The maximum Gasteiger partial charge on any atom is 0.353 e. The topological polar surface area (TPSA) is 163 Å². The summed E-state index contributed by atoms with van der Waals surface area (Å²) in [6.07, 6.45) is 8.10. The number of nitrogens with one attached hydrogen (secondary N) is 2. The predicted octanol–water partition coefficient (Wildman–Crippen LogP) is 0.638. The number of aromatic nitrogens is 4. The van der Waals surface area contributed by atoms with Crippen LogP contribution in [0.3, 0.4) is 0 Å². The molecule has 7 rings (SSSR count). The van der Waals surface area contributed by atoms with Crippen LogP contribution in [0, 0.1) is 23.2 Å². The number of carbonyl (C=O) groups is 4. The standard InChI is InChI=1S/C29H40N8O5S/c1-15(7-19(38)12-36-14-31-33-34-36)22-23-16(2)25(24(28(41)42)37(23)27(22)40)43-20-8-21(30-11-20)26(39)35-6-5-29(13-35)9-17-3-4-18(10-29)32-17/h14-18,20-23,30,32H,3-13H2,1-2H3,(H,41,42)/t15-,16+,17?,18?,20-,21-,22+,23+,29?/m0/s1. The molecule has 0 saturated carbocycles. The fourth-order valence-corrected chi connectivity index (χ4v) is 10.4. The van der Waals surface area contributed by atoms with Crippen LogP contribution in [0.2, 0.25) is 0 Å². The third kappa shape index (κ3) is 5.08. The Balaban J connectivity index is 0.972. The van der Waals surface area contributed by atoms with E-state index in [0.29, 0.717) is 30.0 Å². The van der Waals surface area contributed by atoms with Crippen molar-refractivity contribution in [2.24, 2.45) is 23.2 Å². The Morgan fingerprint density at radius 2 is 2.00 bits per heavy atom. The molecule has 2 amide bonds. The number of β-lactam (4-membered cyclic amide) rings is 1. The number of carboxylic acid groups (broad SMARTS) is 1. The Hall–Kier alpha value is -2.84. The average molecular weight is 613 g/mol. The number of nitrogens with zero attached hydrogens (tertiary/aromatic N) is 6. The summed E-state index contributed by atoms with van der Waals surface area (Å²) in [5, 5.41) is 28.2. The smallest absolute Gasteiger partial charge is 0.353 e. The fourth-order valence-electron chi connectivity index (χ4n) is 8.94. The molecule has 5 fully saturated rings. The highest BCUT2D eigenvalue weighted by atomic mass is 32.2. The second-order valence-corrected chi connectivity index (χ2v) is 15.1. The van der Waals surface area contributed by atoms with Gasteiger partial charge in [0.1, 0.15) is 18.6 Å². The summed E-state index contributed by atoms with van der Waals surface area (Å²) in [7, 11) is 0. The van der Waals surface area contributed by atoms with Crippen molar-refractivity contribution in [1.29, 1.82) is 0 Å². The molecule has 6 aliphatic heterocycles. The number of piperidine rings is 1. The normalized spacial score (nSPS) is 37.3. The zero-order chi connectivity index (χ0) is 30.0. The van der Waals surface area contributed by atoms with Gasteiger partial charge in [-0.05, 0) is 60.3 Å². The molecular weight excluding hydrogens is 572 g/mol. The predicted molar refractivity (Wildman–Crippen MR) is 155 cm³/mol. The van der Waals surface area contributed by atoms with E-state index >= 15 is 0 Å². The van der Waals surface area contributed by atoms with E-state index in [-0.39, 0.29) is 70.8 Å². The van der Waals surface area contributed by atoms with Gasteiger partial charge in [0.05, 0.1) is 18.0 Å². The van der Waals surface area contributed by atoms with Crippen LogP contribution in [0.25, 0.3) is 0 Å². The van der Waals surface area contributed by atoms with Crippen LogP contribution >= 0.6 is 11.8 Å². The lowest BCUT2D eigenvalue weighted by atomic mass is 9.73. The maximum atomic E-state index is 13.6. The largest absolute Gasteiger partial charge is 0.477 e. The number of fused-ring (bicyclic) bond motifs is 3. The highest BCUT2D eigenvalue weighted by Crippen LogP contribution is 2.53. The van der Waals surface area contributed by atoms with Crippen LogP contribution in [-0.4, -0.2) is 108 Å². The first-order chi connectivity index (χ1) is 20.6. The van der Waals surface area contributed by atoms with E-state index in [1.54, 1.807) is 0 Å². The van der Waals surface area contributed by atoms with Crippen LogP contribution in [-0.2, 0) is 25.7 Å². The molecule has 232 valence electrons. The van der Waals surface area contributed by atoms with Crippen molar-refractivity contribution in [2.45, 2.75) is 94.8 Å². The van der Waals surface area contributed by atoms with Gasteiger partial charge < -0.3 is 25.5 Å². The Morgan fingerprint density at radius 3 is 2.70 bits per heavy atom. The second-order valence-electron chi connectivity index (χ2n) is 13.8. The van der Waals surface area contributed by atoms with Gasteiger partial charge in [-0.1, -0.05) is 13.8 Å². The van der Waals surface area contributed by atoms with Crippen LogP contribution in [0.4, 0.5) is 0 Å². The van der Waals surface area contributed by atoms with Gasteiger partial charge in [0, 0.05) is 54.2 Å². The van der Waals surface area contributed by atoms with Gasteiger partial charge in [-0.25, -0.2) is 9.48 Å². The molecule has 1 spiro atoms. The van der Waals surface area contributed by atoms with E-state index in [2.05, 4.69) is 31.1 Å². The SMILES string of the molecule is C[C@@H](CC(=O)Cn1cnnn1)[C@H]1C(=O)N2C(C(=O)O)=C(S[C@@H]3CN[C@H](C(=O)N4CCC5(CC6CCC(C5)N6)C4)C3)[C@H](C)[C@H]12. The number of carbonyl (C=O) groups excluding carboxylic acids is 3. The van der Waals surface area contributed by atoms with Crippen molar-refractivity contribution in [2.75, 3.05) is 19.6 Å². The first-order valence-corrected chi connectivity index (χ1v) is 16.5. The number of thioether (sulfide) groups is 1. The van der Waals surface area contributed by atoms with Crippen molar-refractivity contribution in [3.8, 4) is 0 Å². The zero-order valence-corrected chi connectivity index (χ0v) is 25.5. The lowest BCUT2D eigenvalue weighted by Gasteiger charge is -2.47. The number of hydrogen-bond acceptors (Lipinski definition) is 10. The van der Waals surface area contributed by atoms with Gasteiger partial charge in [0.25, 0.3) is 0 Å². The number of aliphatic carboxylic acids is 1. The molecule has 8 atom stereocenters. The van der Waals surface area contributed by atoms with Crippen molar-refractivity contribution >= 4 is 35.3 Å². The number of amides is 2. The van der Waals surface area contributed by atoms with Crippen LogP contribution in [0.15, 0.2) is 16.9 Å². The molecule has 1 aromatic heterocycles. The summed E-state index contributed by atoms with van der Waals surface area (Å²) in [5.74, 6) is -2.10. The number of carboxylic acids is 1. The molecule has 43 heavy (non-hydrogen) atoms. The minimum atomic E-state index is -1.11. The Kier molecular flexibility index (Phi) is 7.36. The quantitative estimate of drug-likeness (QED) is 0.336. The van der Waals surface area contributed by atoms with E-state index < -0.39 is 11.9 Å². The summed E-state index contributed by atoms with van der Waals surface area (Å²) in [6, 6.07) is 0.643. The lowest BCUT2D eigenvalue weighted by Crippen LogP contribution is -2.62. The molecule has 7 heterocycles. The second kappa shape index (κ2) is 11.0. The van der Waals surface area contributed by atoms with Crippen molar-refractivity contribution in [3.05, 3.63) is 16.9 Å². The van der Waals surface area contributed by atoms with Gasteiger partial charge in [-0.2, -0.15) is 0 Å². The molecule has 0 radical (unpaired) electrons. The molecule has 2 bridgehead atoms. The number of rotatable bonds is 9. The van der Waals surface area contributed by atoms with E-state index in [1.807, 2.05) is 13.8 Å². The van der Waals surface area contributed by atoms with E-state index in [4.69, 9.17) is 0 Å². The van der Waals surface area contributed by atoms with Gasteiger partial charge in [0.2, 0.25) is 11.8 Å². The van der Waals surface area contributed by atoms with Gasteiger partial charge in [-0.3, -0.25) is 14.4 Å². The molecule has 1 aromatic rings. The molecule has 0 aromatic carbocycles. The third-order valence-electron chi connectivity index (χ3n) is 10.8. The van der Waals surface area contributed by atoms with Crippen molar-refractivity contribution in [1.82, 2.24) is 40.6 Å². The molecule has 5 saturated heterocycles. The molecule has 6 aliphatic rings. The summed E-state index contributed by atoms with van der Waals surface area (Å²) in [6.45, 7) is 6.17. The highest BCUT2D eigenvalue weighted by Gasteiger charge is 2.60. The van der Waals surface area contributed by atoms with Crippen LogP contribution in [0.1, 0.15) is 58.8 Å². The number of tetrazole rings is 1. The van der Waals surface area contributed by atoms with Gasteiger partial charge >= 0.3 is 5.97 Å². The van der Waals surface area contributed by atoms with Crippen LogP contribution in [0.5, 0.6) is 0 Å². The van der Waals surface area contributed by atoms with Crippen LogP contribution < -0.4 is 10.6 Å². The average Bonchev–Trinajstić information content (AvgIpc) is 3.78. The summed E-state index contributed by atoms with van der Waals surface area (Å²) < 4.78 is 1.35. The zero-order valence-electron chi connectivity index (χ0n) is 24.6. The summed E-state index contributed by atoms with van der Waals surface area (Å²) in [5.41, 5.74) is 0.319. The van der Waals surface area contributed by atoms with E-state index in [9.17, 15) is 24.3 Å². The molecule has 3 N–H and O–H groups in total. The summed E-state index contributed by atoms with van der Waals surface area (Å²) >= 11 is 1.50. The number of ketones is 1. The molecule has 0 aliphatic carbocycles. The summed E-state index contributed by atoms with van der Waals surface area (Å²) in [4.78, 5) is 56.1. The fraction of sp³-hybridized carbons (Fsp3) is 0.759. The van der Waals surface area contributed by atoms with Crippen molar-refractivity contribution < 1.29 is 24.3 Å². The third-order valence-corrected chi connectivity index (χ3v) is 12.3. The number of hydrogen-bond donors (Lipinski definition) is 3. The first kappa shape index (κ1) is 28.9. The molecular formula is C29H40N8O5S. The number of Topliss-reactive ketones (excluding diaryl/α,β-unsaturated/α-hetero) is 1. The Bertz CT molecular complexity index is 1340. The minimum Gasteiger partial charge on any atom is -0.477 e. The van der Waals surface area contributed by atoms with Crippen molar-refractivity contribution in [3.63, 3.8) is 0 Å². The number of likely N-dealkylation sites (tertiary alicyclic amines) is 1. The first-order valence-electron chi connectivity index (χ1n) is 15.6. The monoisotopic (exact) mass is 612 g/mol. The lowest BCUT2D eigenvalue weighted by molar-refractivity contribution is -0.160.